The lowest BCUT2D eigenvalue weighted by molar-refractivity contribution is 0.0661. The van der Waals surface area contributed by atoms with Gasteiger partial charge in [0.2, 0.25) is 0 Å². The van der Waals surface area contributed by atoms with Crippen molar-refractivity contribution in [2.75, 3.05) is 6.54 Å². The highest BCUT2D eigenvalue weighted by Crippen LogP contribution is 2.31. The van der Waals surface area contributed by atoms with Crippen LogP contribution in [-0.4, -0.2) is 28.4 Å². The van der Waals surface area contributed by atoms with E-state index in [1.54, 1.807) is 11.3 Å². The van der Waals surface area contributed by atoms with Gasteiger partial charge in [-0.05, 0) is 30.0 Å². The molecule has 0 aliphatic heterocycles. The number of aryl methyl sites for hydroxylation is 1. The Morgan fingerprint density at radius 3 is 2.06 bits per heavy atom. The fourth-order valence-electron chi connectivity index (χ4n) is 3.85. The first-order valence-corrected chi connectivity index (χ1v) is 11.6. The Balaban J connectivity index is 1.72. The normalized spacial score (nSPS) is 11.8. The molecule has 1 atom stereocenters. The van der Waals surface area contributed by atoms with Crippen LogP contribution >= 0.6 is 11.3 Å². The third-order valence-electron chi connectivity index (χ3n) is 5.46. The lowest BCUT2D eigenvalue weighted by Gasteiger charge is -2.31. The van der Waals surface area contributed by atoms with Gasteiger partial charge in [0.25, 0.3) is 5.91 Å². The number of hydrogen-bond acceptors (Lipinski definition) is 4. The second kappa shape index (κ2) is 10.4. The highest BCUT2D eigenvalue weighted by molar-refractivity contribution is 7.15. The molecular formula is C27H27N3OS. The van der Waals surface area contributed by atoms with E-state index in [0.717, 1.165) is 26.6 Å². The molecular weight excluding hydrogens is 414 g/mol. The van der Waals surface area contributed by atoms with Crippen LogP contribution in [0.1, 0.15) is 26.6 Å². The zero-order valence-electron chi connectivity index (χ0n) is 18.1. The van der Waals surface area contributed by atoms with E-state index in [1.807, 2.05) is 90.7 Å². The molecule has 0 saturated heterocycles. The lowest BCUT2D eigenvalue weighted by Crippen LogP contribution is -2.45. The van der Waals surface area contributed by atoms with Crippen molar-refractivity contribution >= 4 is 17.2 Å². The molecule has 1 amide bonds. The minimum Gasteiger partial charge on any atom is -0.328 e. The van der Waals surface area contributed by atoms with Gasteiger partial charge >= 0.3 is 0 Å². The van der Waals surface area contributed by atoms with Gasteiger partial charge in [-0.3, -0.25) is 4.79 Å². The molecule has 1 unspecified atom stereocenters. The summed E-state index contributed by atoms with van der Waals surface area (Å²) >= 11 is 1.55. The number of nitrogens with zero attached hydrogens (tertiary/aromatic N) is 2. The molecule has 4 aromatic rings. The zero-order chi connectivity index (χ0) is 22.3. The third kappa shape index (κ3) is 5.13. The van der Waals surface area contributed by atoms with Crippen molar-refractivity contribution in [1.82, 2.24) is 9.88 Å². The summed E-state index contributed by atoms with van der Waals surface area (Å²) < 4.78 is 0. The number of carbonyl (C=O) groups excluding carboxylic acids is 1. The molecule has 162 valence electrons. The van der Waals surface area contributed by atoms with Gasteiger partial charge in [-0.15, -0.1) is 11.3 Å². The van der Waals surface area contributed by atoms with Crippen LogP contribution in [0, 0.1) is 6.92 Å². The molecule has 4 nitrogen and oxygen atoms in total. The predicted molar refractivity (Wildman–Crippen MR) is 132 cm³/mol. The van der Waals surface area contributed by atoms with E-state index in [1.165, 1.54) is 0 Å². The van der Waals surface area contributed by atoms with Crippen LogP contribution in [0.5, 0.6) is 0 Å². The lowest BCUT2D eigenvalue weighted by atomic mass is 10.0. The maximum atomic E-state index is 14.0. The smallest absolute Gasteiger partial charge is 0.274 e. The van der Waals surface area contributed by atoms with E-state index < -0.39 is 0 Å². The van der Waals surface area contributed by atoms with Crippen LogP contribution in [0.25, 0.3) is 10.4 Å². The van der Waals surface area contributed by atoms with Crippen molar-refractivity contribution < 1.29 is 4.79 Å². The van der Waals surface area contributed by atoms with Gasteiger partial charge in [0.15, 0.2) is 0 Å². The summed E-state index contributed by atoms with van der Waals surface area (Å²) in [6.45, 7) is 2.80. The zero-order valence-corrected chi connectivity index (χ0v) is 19.0. The summed E-state index contributed by atoms with van der Waals surface area (Å²) in [6.07, 6.45) is 0.694. The average Bonchev–Trinajstić information content (AvgIpc) is 3.24. The second-order valence-corrected chi connectivity index (χ2v) is 8.98. The number of hydrogen-bond donors (Lipinski definition) is 1. The highest BCUT2D eigenvalue weighted by Gasteiger charge is 2.29. The van der Waals surface area contributed by atoms with Crippen LogP contribution in [0.15, 0.2) is 91.0 Å². The van der Waals surface area contributed by atoms with E-state index in [2.05, 4.69) is 17.1 Å². The van der Waals surface area contributed by atoms with Crippen molar-refractivity contribution in [1.29, 1.82) is 0 Å². The average molecular weight is 442 g/mol. The Labute approximate surface area is 193 Å². The first-order valence-electron chi connectivity index (χ1n) is 10.8. The van der Waals surface area contributed by atoms with E-state index in [0.29, 0.717) is 25.2 Å². The Hall–Kier alpha value is -3.28. The van der Waals surface area contributed by atoms with Crippen LogP contribution in [0.4, 0.5) is 0 Å². The van der Waals surface area contributed by atoms with Crippen molar-refractivity contribution in [2.24, 2.45) is 5.73 Å². The molecule has 0 aliphatic rings. The molecule has 1 aromatic heterocycles. The number of nitrogens with two attached hydrogens (primary N) is 1. The van der Waals surface area contributed by atoms with Gasteiger partial charge in [-0.1, -0.05) is 91.0 Å². The molecule has 5 heteroatoms. The fourth-order valence-corrected chi connectivity index (χ4v) is 4.76. The van der Waals surface area contributed by atoms with Crippen molar-refractivity contribution in [2.45, 2.75) is 25.9 Å². The van der Waals surface area contributed by atoms with Crippen LogP contribution in [-0.2, 0) is 13.0 Å². The molecule has 0 saturated carbocycles. The number of benzene rings is 3. The summed E-state index contributed by atoms with van der Waals surface area (Å²) in [6, 6.07) is 30.1. The summed E-state index contributed by atoms with van der Waals surface area (Å²) in [5.41, 5.74) is 9.97. The summed E-state index contributed by atoms with van der Waals surface area (Å²) in [5.74, 6) is -0.0802. The molecule has 1 heterocycles. The SMILES string of the molecule is Cc1nc(C(=O)N(Cc2ccccc2)C(CN)Cc2ccccc2)c(-c2ccccc2)s1. The first-order chi connectivity index (χ1) is 15.7. The van der Waals surface area contributed by atoms with Crippen molar-refractivity contribution in [3.63, 3.8) is 0 Å². The Morgan fingerprint density at radius 1 is 0.906 bits per heavy atom. The van der Waals surface area contributed by atoms with Gasteiger partial charge in [0.05, 0.1) is 9.88 Å². The number of rotatable bonds is 8. The second-order valence-electron chi connectivity index (χ2n) is 7.77. The molecule has 0 spiro atoms. The monoisotopic (exact) mass is 441 g/mol. The maximum Gasteiger partial charge on any atom is 0.274 e. The van der Waals surface area contributed by atoms with Crippen LogP contribution in [0.2, 0.25) is 0 Å². The van der Waals surface area contributed by atoms with Gasteiger partial charge in [0, 0.05) is 19.1 Å². The molecule has 2 N–H and O–H groups in total. The van der Waals surface area contributed by atoms with E-state index >= 15 is 0 Å². The van der Waals surface area contributed by atoms with Crippen molar-refractivity contribution in [3.05, 3.63) is 113 Å². The Morgan fingerprint density at radius 2 is 1.47 bits per heavy atom. The topological polar surface area (TPSA) is 59.2 Å². The predicted octanol–water partition coefficient (Wildman–Crippen LogP) is 5.33. The van der Waals surface area contributed by atoms with Gasteiger partial charge in [-0.25, -0.2) is 4.98 Å². The molecule has 0 bridgehead atoms. The van der Waals surface area contributed by atoms with Crippen LogP contribution < -0.4 is 5.73 Å². The molecule has 32 heavy (non-hydrogen) atoms. The Bertz CT molecular complexity index is 1140. The van der Waals surface area contributed by atoms with E-state index in [9.17, 15) is 4.79 Å². The van der Waals surface area contributed by atoms with Crippen LogP contribution in [0.3, 0.4) is 0 Å². The third-order valence-corrected chi connectivity index (χ3v) is 6.48. The Kier molecular flexibility index (Phi) is 7.10. The number of aromatic nitrogens is 1. The summed E-state index contributed by atoms with van der Waals surface area (Å²) in [7, 11) is 0. The van der Waals surface area contributed by atoms with E-state index in [-0.39, 0.29) is 11.9 Å². The molecule has 4 rings (SSSR count). The molecule has 3 aromatic carbocycles. The fraction of sp³-hybridized carbons (Fsp3) is 0.185. The number of amides is 1. The standard InChI is InChI=1S/C27H27N3OS/c1-20-29-25(26(32-20)23-15-9-4-10-16-23)27(31)30(19-22-13-7-3-8-14-22)24(18-28)17-21-11-5-2-6-12-21/h2-16,24H,17-19,28H2,1H3. The largest absolute Gasteiger partial charge is 0.328 e. The summed E-state index contributed by atoms with van der Waals surface area (Å²) in [4.78, 5) is 21.4. The summed E-state index contributed by atoms with van der Waals surface area (Å²) in [5, 5.41) is 0.874. The minimum absolute atomic E-state index is 0.0802. The molecule has 0 aliphatic carbocycles. The molecule has 0 radical (unpaired) electrons. The number of thiazole rings is 1. The van der Waals surface area contributed by atoms with Gasteiger partial charge in [-0.2, -0.15) is 0 Å². The first kappa shape index (κ1) is 21.9. The quantitative estimate of drug-likeness (QED) is 0.402. The van der Waals surface area contributed by atoms with Crippen molar-refractivity contribution in [3.8, 4) is 10.4 Å². The van der Waals surface area contributed by atoms with E-state index in [4.69, 9.17) is 5.73 Å². The highest BCUT2D eigenvalue weighted by atomic mass is 32.1. The number of carbonyl (C=O) groups is 1. The minimum atomic E-state index is -0.143. The van der Waals surface area contributed by atoms with Gasteiger partial charge < -0.3 is 10.6 Å². The maximum absolute atomic E-state index is 14.0. The van der Waals surface area contributed by atoms with Gasteiger partial charge in [0.1, 0.15) is 5.69 Å². The molecule has 0 fully saturated rings.